The molecule has 2 aliphatic heterocycles. The summed E-state index contributed by atoms with van der Waals surface area (Å²) in [5.74, 6) is -0.441. The number of halogens is 2. The fourth-order valence-electron chi connectivity index (χ4n) is 4.45. The van der Waals surface area contributed by atoms with E-state index in [9.17, 15) is 13.6 Å². The number of carbonyl (C=O) groups excluding carboxylic acids is 1. The normalized spacial score (nSPS) is 26.4. The topological polar surface area (TPSA) is 47.4 Å². The molecule has 3 atom stereocenters. The molecule has 0 amide bonds. The highest BCUT2D eigenvalue weighted by atomic mass is 19.3. The molecule has 0 aromatic carbocycles. The molecule has 0 aliphatic carbocycles. The molecule has 140 valence electrons. The number of carbonyl (C=O) groups is 1. The number of hydrogen-bond donors (Lipinski definition) is 0. The van der Waals surface area contributed by atoms with Crippen LogP contribution in [-0.2, 0) is 11.3 Å². The molecule has 2 bridgehead atoms. The van der Waals surface area contributed by atoms with Crippen LogP contribution in [0.15, 0.2) is 24.5 Å². The number of aromatic nitrogens is 2. The Hall–Kier alpha value is -2.02. The van der Waals surface area contributed by atoms with Crippen LogP contribution in [-0.4, -0.2) is 52.1 Å². The van der Waals surface area contributed by atoms with Crippen molar-refractivity contribution in [3.8, 4) is 0 Å². The zero-order valence-corrected chi connectivity index (χ0v) is 14.8. The van der Waals surface area contributed by atoms with E-state index >= 15 is 0 Å². The van der Waals surface area contributed by atoms with Crippen LogP contribution in [0, 0.1) is 0 Å². The quantitative estimate of drug-likeness (QED) is 0.781. The Morgan fingerprint density at radius 2 is 2.08 bits per heavy atom. The van der Waals surface area contributed by atoms with Crippen LogP contribution in [0.3, 0.4) is 0 Å². The lowest BCUT2D eigenvalue weighted by atomic mass is 9.83. The zero-order chi connectivity index (χ0) is 18.3. The second kappa shape index (κ2) is 6.95. The number of piperidine rings is 2. The average molecular weight is 363 g/mol. The Morgan fingerprint density at radius 3 is 2.77 bits per heavy atom. The van der Waals surface area contributed by atoms with E-state index in [4.69, 9.17) is 4.74 Å². The molecule has 0 N–H and O–H groups in total. The van der Waals surface area contributed by atoms with Crippen molar-refractivity contribution < 1.29 is 18.3 Å². The predicted octanol–water partition coefficient (Wildman–Crippen LogP) is 3.47. The SMILES string of the molecule is CN1[C@@H]2CCC[C@H]1CC(OC(=O)c1cn(CC(F)F)c3ncccc13)C2. The summed E-state index contributed by atoms with van der Waals surface area (Å²) in [7, 11) is 2.15. The number of esters is 1. The van der Waals surface area contributed by atoms with Gasteiger partial charge in [0.15, 0.2) is 0 Å². The average Bonchev–Trinajstić information content (AvgIpc) is 2.94. The molecule has 0 spiro atoms. The molecule has 26 heavy (non-hydrogen) atoms. The second-order valence-corrected chi connectivity index (χ2v) is 7.36. The molecular formula is C19H23F2N3O2. The van der Waals surface area contributed by atoms with E-state index in [0.29, 0.717) is 28.7 Å². The zero-order valence-electron chi connectivity index (χ0n) is 14.8. The molecule has 4 rings (SSSR count). The molecule has 2 aromatic heterocycles. The van der Waals surface area contributed by atoms with Gasteiger partial charge < -0.3 is 14.2 Å². The number of fused-ring (bicyclic) bond motifs is 3. The third kappa shape index (κ3) is 3.20. The summed E-state index contributed by atoms with van der Waals surface area (Å²) in [6, 6.07) is 4.35. The van der Waals surface area contributed by atoms with Crippen LogP contribution in [0.25, 0.3) is 11.0 Å². The first-order chi connectivity index (χ1) is 12.5. The number of nitrogens with zero attached hydrogens (tertiary/aromatic N) is 3. The third-order valence-corrected chi connectivity index (χ3v) is 5.76. The van der Waals surface area contributed by atoms with E-state index < -0.39 is 18.9 Å². The van der Waals surface area contributed by atoms with Gasteiger partial charge in [-0.05, 0) is 32.0 Å². The van der Waals surface area contributed by atoms with Gasteiger partial charge in [-0.1, -0.05) is 6.42 Å². The first-order valence-corrected chi connectivity index (χ1v) is 9.18. The lowest BCUT2D eigenvalue weighted by molar-refractivity contribution is -0.0318. The van der Waals surface area contributed by atoms with Crippen molar-refractivity contribution in [3.05, 3.63) is 30.1 Å². The van der Waals surface area contributed by atoms with Crippen LogP contribution < -0.4 is 0 Å². The fraction of sp³-hybridized carbons (Fsp3) is 0.579. The molecule has 7 heteroatoms. The van der Waals surface area contributed by atoms with E-state index in [1.807, 2.05) is 0 Å². The highest BCUT2D eigenvalue weighted by Gasteiger charge is 2.37. The van der Waals surface area contributed by atoms with Crippen molar-refractivity contribution >= 4 is 17.0 Å². The van der Waals surface area contributed by atoms with Crippen molar-refractivity contribution in [3.63, 3.8) is 0 Å². The van der Waals surface area contributed by atoms with Gasteiger partial charge in [-0.3, -0.25) is 0 Å². The van der Waals surface area contributed by atoms with E-state index in [1.54, 1.807) is 12.1 Å². The van der Waals surface area contributed by atoms with Gasteiger partial charge in [-0.2, -0.15) is 0 Å². The highest BCUT2D eigenvalue weighted by molar-refractivity contribution is 6.03. The minimum atomic E-state index is -2.51. The summed E-state index contributed by atoms with van der Waals surface area (Å²) >= 11 is 0. The fourth-order valence-corrected chi connectivity index (χ4v) is 4.45. The standard InChI is InChI=1S/C19H23F2N3O2/c1-23-12-4-2-5-13(23)9-14(8-12)26-19(25)16-10-24(11-17(20)21)18-15(16)6-3-7-22-18/h3,6-7,10,12-14,17H,2,4-5,8-9,11H2,1H3/t12-,13+,14?. The summed E-state index contributed by atoms with van der Waals surface area (Å²) in [4.78, 5) is 19.3. The molecule has 2 aromatic rings. The molecule has 2 fully saturated rings. The lowest BCUT2D eigenvalue weighted by Gasteiger charge is -2.46. The van der Waals surface area contributed by atoms with Crippen LogP contribution in [0.4, 0.5) is 8.78 Å². The number of pyridine rings is 1. The summed E-state index contributed by atoms with van der Waals surface area (Å²) < 4.78 is 32.8. The van der Waals surface area contributed by atoms with Gasteiger partial charge in [-0.25, -0.2) is 18.6 Å². The molecule has 2 aliphatic rings. The van der Waals surface area contributed by atoms with Crippen LogP contribution in [0.5, 0.6) is 0 Å². The van der Waals surface area contributed by atoms with Crippen molar-refractivity contribution in [1.29, 1.82) is 0 Å². The molecule has 1 unspecified atom stereocenters. The lowest BCUT2D eigenvalue weighted by Crippen LogP contribution is -2.52. The first kappa shape index (κ1) is 17.4. The Kier molecular flexibility index (Phi) is 4.65. The summed E-state index contributed by atoms with van der Waals surface area (Å²) in [6.07, 6.45) is 5.55. The number of ether oxygens (including phenoxy) is 1. The second-order valence-electron chi connectivity index (χ2n) is 7.36. The van der Waals surface area contributed by atoms with Gasteiger partial charge in [0.2, 0.25) is 0 Å². The van der Waals surface area contributed by atoms with E-state index in [1.165, 1.54) is 23.4 Å². The van der Waals surface area contributed by atoms with Gasteiger partial charge in [0.25, 0.3) is 6.43 Å². The van der Waals surface area contributed by atoms with Gasteiger partial charge in [0.05, 0.1) is 12.1 Å². The highest BCUT2D eigenvalue weighted by Crippen LogP contribution is 2.34. The van der Waals surface area contributed by atoms with Gasteiger partial charge >= 0.3 is 5.97 Å². The number of hydrogen-bond acceptors (Lipinski definition) is 4. The Morgan fingerprint density at radius 1 is 1.35 bits per heavy atom. The molecule has 5 nitrogen and oxygen atoms in total. The van der Waals surface area contributed by atoms with Crippen molar-refractivity contribution in [2.24, 2.45) is 0 Å². The maximum absolute atomic E-state index is 12.8. The summed E-state index contributed by atoms with van der Waals surface area (Å²) in [6.45, 7) is -0.487. The Bertz CT molecular complexity index is 793. The summed E-state index contributed by atoms with van der Waals surface area (Å²) in [5.41, 5.74) is 0.706. The predicted molar refractivity (Wildman–Crippen MR) is 93.4 cm³/mol. The molecule has 0 saturated carbocycles. The van der Waals surface area contributed by atoms with Gasteiger partial charge in [0, 0.05) is 42.7 Å². The van der Waals surface area contributed by atoms with Gasteiger partial charge in [-0.15, -0.1) is 0 Å². The molecule has 0 radical (unpaired) electrons. The minimum absolute atomic E-state index is 0.112. The smallest absolute Gasteiger partial charge is 0.340 e. The maximum Gasteiger partial charge on any atom is 0.340 e. The van der Waals surface area contributed by atoms with Crippen molar-refractivity contribution in [2.75, 3.05) is 7.05 Å². The molecule has 2 saturated heterocycles. The number of rotatable bonds is 4. The number of alkyl halides is 2. The Balaban J connectivity index is 1.55. The van der Waals surface area contributed by atoms with Gasteiger partial charge in [0.1, 0.15) is 11.8 Å². The van der Waals surface area contributed by atoms with Crippen LogP contribution in [0.2, 0.25) is 0 Å². The molecular weight excluding hydrogens is 340 g/mol. The minimum Gasteiger partial charge on any atom is -0.459 e. The van der Waals surface area contributed by atoms with Crippen molar-refractivity contribution in [2.45, 2.75) is 63.3 Å². The largest absolute Gasteiger partial charge is 0.459 e. The third-order valence-electron chi connectivity index (χ3n) is 5.76. The van der Waals surface area contributed by atoms with E-state index in [0.717, 1.165) is 25.7 Å². The monoisotopic (exact) mass is 363 g/mol. The van der Waals surface area contributed by atoms with Crippen molar-refractivity contribution in [1.82, 2.24) is 14.5 Å². The van der Waals surface area contributed by atoms with E-state index in [2.05, 4.69) is 16.9 Å². The first-order valence-electron chi connectivity index (χ1n) is 9.18. The van der Waals surface area contributed by atoms with Crippen LogP contribution >= 0.6 is 0 Å². The Labute approximate surface area is 150 Å². The van der Waals surface area contributed by atoms with Crippen LogP contribution in [0.1, 0.15) is 42.5 Å². The maximum atomic E-state index is 12.8. The van der Waals surface area contributed by atoms with E-state index in [-0.39, 0.29) is 6.10 Å². The molecule has 4 heterocycles. The summed E-state index contributed by atoms with van der Waals surface area (Å²) in [5, 5.41) is 0.561.